The van der Waals surface area contributed by atoms with Crippen molar-refractivity contribution < 1.29 is 9.90 Å². The Morgan fingerprint density at radius 1 is 1.71 bits per heavy atom. The Morgan fingerprint density at radius 3 is 3.07 bits per heavy atom. The highest BCUT2D eigenvalue weighted by molar-refractivity contribution is 7.12. The Kier molecular flexibility index (Phi) is 4.62. The number of nitrogens with one attached hydrogen (secondary N) is 1. The standard InChI is InChI=1S/C10H15NO2S/c1-8(12)4-2-6-11-10(13)9-5-3-7-14-9/h3,5,7-8,12H,2,4,6H2,1H3,(H,11,13). The zero-order chi connectivity index (χ0) is 10.4. The van der Waals surface area contributed by atoms with Gasteiger partial charge in [-0.1, -0.05) is 6.07 Å². The Bertz CT molecular complexity index is 270. The maximum Gasteiger partial charge on any atom is 0.261 e. The molecule has 0 aromatic carbocycles. The third-order valence-electron chi connectivity index (χ3n) is 1.83. The monoisotopic (exact) mass is 213 g/mol. The molecule has 0 aliphatic carbocycles. The summed E-state index contributed by atoms with van der Waals surface area (Å²) >= 11 is 1.43. The van der Waals surface area contributed by atoms with Gasteiger partial charge in [0.2, 0.25) is 0 Å². The molecule has 0 bridgehead atoms. The van der Waals surface area contributed by atoms with E-state index in [2.05, 4.69) is 5.32 Å². The van der Waals surface area contributed by atoms with Crippen LogP contribution in [0.3, 0.4) is 0 Å². The quantitative estimate of drug-likeness (QED) is 0.730. The predicted molar refractivity (Wildman–Crippen MR) is 57.6 cm³/mol. The summed E-state index contributed by atoms with van der Waals surface area (Å²) in [5, 5.41) is 13.7. The highest BCUT2D eigenvalue weighted by Crippen LogP contribution is 2.07. The molecule has 0 aliphatic rings. The van der Waals surface area contributed by atoms with Gasteiger partial charge in [-0.3, -0.25) is 4.79 Å². The second-order valence-corrected chi connectivity index (χ2v) is 4.17. The van der Waals surface area contributed by atoms with Gasteiger partial charge in [0.25, 0.3) is 5.91 Å². The maximum atomic E-state index is 11.4. The molecule has 0 saturated heterocycles. The van der Waals surface area contributed by atoms with Crippen molar-refractivity contribution in [2.75, 3.05) is 6.54 Å². The number of hydrogen-bond donors (Lipinski definition) is 2. The van der Waals surface area contributed by atoms with E-state index >= 15 is 0 Å². The molecule has 4 heteroatoms. The van der Waals surface area contributed by atoms with Crippen molar-refractivity contribution >= 4 is 17.2 Å². The average molecular weight is 213 g/mol. The highest BCUT2D eigenvalue weighted by Gasteiger charge is 2.04. The largest absolute Gasteiger partial charge is 0.393 e. The van der Waals surface area contributed by atoms with Gasteiger partial charge >= 0.3 is 0 Å². The van der Waals surface area contributed by atoms with Crippen molar-refractivity contribution in [3.05, 3.63) is 22.4 Å². The Balaban J connectivity index is 2.16. The van der Waals surface area contributed by atoms with Crippen molar-refractivity contribution in [1.29, 1.82) is 0 Å². The summed E-state index contributed by atoms with van der Waals surface area (Å²) in [7, 11) is 0. The van der Waals surface area contributed by atoms with Crippen LogP contribution in [-0.2, 0) is 0 Å². The summed E-state index contributed by atoms with van der Waals surface area (Å²) in [6.07, 6.45) is 1.26. The lowest BCUT2D eigenvalue weighted by Crippen LogP contribution is -2.24. The van der Waals surface area contributed by atoms with Gasteiger partial charge in [0, 0.05) is 6.54 Å². The van der Waals surface area contributed by atoms with E-state index in [1.165, 1.54) is 11.3 Å². The molecular formula is C10H15NO2S. The number of carbonyl (C=O) groups excluding carboxylic acids is 1. The number of aliphatic hydroxyl groups excluding tert-OH is 1. The molecule has 78 valence electrons. The van der Waals surface area contributed by atoms with Crippen molar-refractivity contribution in [3.63, 3.8) is 0 Å². The van der Waals surface area contributed by atoms with E-state index in [1.54, 1.807) is 13.0 Å². The molecule has 1 aromatic heterocycles. The van der Waals surface area contributed by atoms with Crippen molar-refractivity contribution in [2.24, 2.45) is 0 Å². The number of thiophene rings is 1. The van der Waals surface area contributed by atoms with E-state index in [0.717, 1.165) is 17.7 Å². The fraction of sp³-hybridized carbons (Fsp3) is 0.500. The second kappa shape index (κ2) is 5.78. The maximum absolute atomic E-state index is 11.4. The van der Waals surface area contributed by atoms with E-state index < -0.39 is 0 Å². The van der Waals surface area contributed by atoms with Crippen LogP contribution in [0.4, 0.5) is 0 Å². The minimum atomic E-state index is -0.284. The van der Waals surface area contributed by atoms with Crippen LogP contribution >= 0.6 is 11.3 Å². The summed E-state index contributed by atoms with van der Waals surface area (Å²) in [5.41, 5.74) is 0. The second-order valence-electron chi connectivity index (χ2n) is 3.22. The molecule has 2 N–H and O–H groups in total. The van der Waals surface area contributed by atoms with Gasteiger partial charge in [-0.05, 0) is 31.2 Å². The molecule has 14 heavy (non-hydrogen) atoms. The van der Waals surface area contributed by atoms with Crippen molar-refractivity contribution in [3.8, 4) is 0 Å². The molecular weight excluding hydrogens is 198 g/mol. The Hall–Kier alpha value is -0.870. The van der Waals surface area contributed by atoms with Gasteiger partial charge in [0.1, 0.15) is 0 Å². The van der Waals surface area contributed by atoms with Gasteiger partial charge in [0.05, 0.1) is 11.0 Å². The summed E-state index contributed by atoms with van der Waals surface area (Å²) in [5.74, 6) is -0.0226. The first-order chi connectivity index (χ1) is 6.70. The minimum absolute atomic E-state index is 0.0226. The molecule has 1 amide bonds. The van der Waals surface area contributed by atoms with E-state index in [-0.39, 0.29) is 12.0 Å². The molecule has 1 rings (SSSR count). The highest BCUT2D eigenvalue weighted by atomic mass is 32.1. The first-order valence-corrected chi connectivity index (χ1v) is 5.58. The first-order valence-electron chi connectivity index (χ1n) is 4.70. The van der Waals surface area contributed by atoms with Crippen LogP contribution in [-0.4, -0.2) is 23.7 Å². The predicted octanol–water partition coefficient (Wildman–Crippen LogP) is 1.64. The number of amides is 1. The van der Waals surface area contributed by atoms with E-state index in [4.69, 9.17) is 5.11 Å². The van der Waals surface area contributed by atoms with E-state index in [9.17, 15) is 4.79 Å². The molecule has 1 aromatic rings. The first kappa shape index (κ1) is 11.2. The van der Waals surface area contributed by atoms with E-state index in [1.807, 2.05) is 11.4 Å². The topological polar surface area (TPSA) is 49.3 Å². The van der Waals surface area contributed by atoms with Crippen LogP contribution in [0.5, 0.6) is 0 Å². The smallest absolute Gasteiger partial charge is 0.261 e. The molecule has 0 aliphatic heterocycles. The lowest BCUT2D eigenvalue weighted by Gasteiger charge is -2.04. The number of aliphatic hydroxyl groups is 1. The van der Waals surface area contributed by atoms with Crippen LogP contribution in [0.2, 0.25) is 0 Å². The molecule has 1 heterocycles. The third-order valence-corrected chi connectivity index (χ3v) is 2.70. The van der Waals surface area contributed by atoms with Crippen LogP contribution < -0.4 is 5.32 Å². The molecule has 1 unspecified atom stereocenters. The number of carbonyl (C=O) groups is 1. The summed E-state index contributed by atoms with van der Waals surface area (Å²) in [6.45, 7) is 2.38. The molecule has 0 radical (unpaired) electrons. The van der Waals surface area contributed by atoms with Crippen LogP contribution in [0, 0.1) is 0 Å². The zero-order valence-corrected chi connectivity index (χ0v) is 9.01. The summed E-state index contributed by atoms with van der Waals surface area (Å²) in [4.78, 5) is 12.1. The third kappa shape index (κ3) is 3.89. The van der Waals surface area contributed by atoms with Gasteiger partial charge in [-0.2, -0.15) is 0 Å². The SMILES string of the molecule is CC(O)CCCNC(=O)c1cccs1. The van der Waals surface area contributed by atoms with Gasteiger partial charge < -0.3 is 10.4 Å². The van der Waals surface area contributed by atoms with Crippen molar-refractivity contribution in [1.82, 2.24) is 5.32 Å². The van der Waals surface area contributed by atoms with Gasteiger partial charge in [-0.15, -0.1) is 11.3 Å². The Labute approximate surface area is 87.8 Å². The lowest BCUT2D eigenvalue weighted by atomic mass is 10.2. The Morgan fingerprint density at radius 2 is 2.50 bits per heavy atom. The van der Waals surface area contributed by atoms with Crippen molar-refractivity contribution in [2.45, 2.75) is 25.9 Å². The summed E-state index contributed by atoms with van der Waals surface area (Å²) < 4.78 is 0. The molecule has 0 fully saturated rings. The lowest BCUT2D eigenvalue weighted by molar-refractivity contribution is 0.0953. The molecule has 3 nitrogen and oxygen atoms in total. The minimum Gasteiger partial charge on any atom is -0.393 e. The molecule has 0 spiro atoms. The van der Waals surface area contributed by atoms with Gasteiger partial charge in [0.15, 0.2) is 0 Å². The number of rotatable bonds is 5. The molecule has 0 saturated carbocycles. The normalized spacial score (nSPS) is 12.4. The van der Waals surface area contributed by atoms with Gasteiger partial charge in [-0.25, -0.2) is 0 Å². The molecule has 1 atom stereocenters. The zero-order valence-electron chi connectivity index (χ0n) is 8.19. The fourth-order valence-corrected chi connectivity index (χ4v) is 1.73. The van der Waals surface area contributed by atoms with Crippen LogP contribution in [0.1, 0.15) is 29.4 Å². The number of hydrogen-bond acceptors (Lipinski definition) is 3. The van der Waals surface area contributed by atoms with Crippen LogP contribution in [0.25, 0.3) is 0 Å². The van der Waals surface area contributed by atoms with E-state index in [0.29, 0.717) is 6.54 Å². The van der Waals surface area contributed by atoms with Crippen LogP contribution in [0.15, 0.2) is 17.5 Å². The average Bonchev–Trinajstić information content (AvgIpc) is 2.64. The summed E-state index contributed by atoms with van der Waals surface area (Å²) in [6, 6.07) is 3.66. The fourth-order valence-electron chi connectivity index (χ4n) is 1.09.